The number of aromatic carboxylic acids is 1. The van der Waals surface area contributed by atoms with Crippen LogP contribution in [0.3, 0.4) is 0 Å². The molecule has 3 heterocycles. The van der Waals surface area contributed by atoms with Crippen molar-refractivity contribution in [3.63, 3.8) is 0 Å². The number of aryl methyl sites for hydroxylation is 1. The predicted molar refractivity (Wildman–Crippen MR) is 92.6 cm³/mol. The van der Waals surface area contributed by atoms with Crippen molar-refractivity contribution in [2.24, 2.45) is 0 Å². The number of carbonyl (C=O) groups is 2. The number of rotatable bonds is 4. The molecule has 0 saturated carbocycles. The van der Waals surface area contributed by atoms with E-state index >= 15 is 0 Å². The van der Waals surface area contributed by atoms with E-state index in [9.17, 15) is 14.7 Å². The highest BCUT2D eigenvalue weighted by Gasteiger charge is 2.22. The summed E-state index contributed by atoms with van der Waals surface area (Å²) in [6, 6.07) is 0. The second-order valence-corrected chi connectivity index (χ2v) is 6.68. The zero-order valence-electron chi connectivity index (χ0n) is 14.1. The summed E-state index contributed by atoms with van der Waals surface area (Å²) in [7, 11) is 0. The molecule has 0 aliphatic carbocycles. The van der Waals surface area contributed by atoms with E-state index in [-0.39, 0.29) is 11.8 Å². The van der Waals surface area contributed by atoms with Gasteiger partial charge in [-0.05, 0) is 26.3 Å². The van der Waals surface area contributed by atoms with E-state index < -0.39 is 12.1 Å². The third kappa shape index (κ3) is 3.27. The maximum absolute atomic E-state index is 11.9. The number of allylic oxidation sites excluding steroid dienone is 2. The Morgan fingerprint density at radius 2 is 2.20 bits per heavy atom. The van der Waals surface area contributed by atoms with Crippen LogP contribution in [0.5, 0.6) is 0 Å². The fraction of sp³-hybridized carbons (Fsp3) is 0.375. The summed E-state index contributed by atoms with van der Waals surface area (Å²) >= 11 is 1.32. The number of imidazole rings is 1. The lowest BCUT2D eigenvalue weighted by Gasteiger charge is -2.21. The largest absolute Gasteiger partial charge is 0.476 e. The van der Waals surface area contributed by atoms with E-state index in [1.165, 1.54) is 16.2 Å². The Hall–Kier alpha value is -2.68. The van der Waals surface area contributed by atoms with Crippen LogP contribution < -0.4 is 0 Å². The number of amides is 1. The van der Waals surface area contributed by atoms with Crippen LogP contribution >= 0.6 is 11.3 Å². The molecule has 8 nitrogen and oxygen atoms in total. The summed E-state index contributed by atoms with van der Waals surface area (Å²) in [5.41, 5.74) is 1.49. The first-order valence-electron chi connectivity index (χ1n) is 7.88. The lowest BCUT2D eigenvalue weighted by Crippen LogP contribution is -2.30. The van der Waals surface area contributed by atoms with Crippen LogP contribution in [0, 0.1) is 0 Å². The van der Waals surface area contributed by atoms with Gasteiger partial charge in [0.2, 0.25) is 4.96 Å². The normalized spacial score (nSPS) is 14.2. The summed E-state index contributed by atoms with van der Waals surface area (Å²) < 4.78 is 6.74. The van der Waals surface area contributed by atoms with Crippen molar-refractivity contribution in [1.29, 1.82) is 0 Å². The summed E-state index contributed by atoms with van der Waals surface area (Å²) in [6.45, 7) is 5.86. The fourth-order valence-electron chi connectivity index (χ4n) is 2.45. The monoisotopic (exact) mass is 362 g/mol. The molecule has 1 aliphatic heterocycles. The number of aromatic nitrogens is 3. The molecule has 0 radical (unpaired) electrons. The number of nitrogens with zero attached hydrogens (tertiary/aromatic N) is 4. The Labute approximate surface area is 148 Å². The molecule has 1 N–H and O–H groups in total. The van der Waals surface area contributed by atoms with Gasteiger partial charge in [0.1, 0.15) is 5.01 Å². The molecule has 0 bridgehead atoms. The number of ether oxygens (including phenoxy) is 1. The number of carbonyl (C=O) groups excluding carboxylic acids is 1. The zero-order valence-corrected chi connectivity index (χ0v) is 14.9. The summed E-state index contributed by atoms with van der Waals surface area (Å²) in [6.07, 6.45) is 5.28. The van der Waals surface area contributed by atoms with Gasteiger partial charge in [0.15, 0.2) is 5.69 Å². The van der Waals surface area contributed by atoms with E-state index in [1.807, 2.05) is 13.0 Å². The van der Waals surface area contributed by atoms with Gasteiger partial charge in [-0.3, -0.25) is 4.90 Å². The Bertz CT molecular complexity index is 893. The Morgan fingerprint density at radius 1 is 1.44 bits per heavy atom. The molecule has 2 aromatic rings. The van der Waals surface area contributed by atoms with Gasteiger partial charge in [0.25, 0.3) is 0 Å². The van der Waals surface area contributed by atoms with Crippen LogP contribution in [-0.2, 0) is 11.2 Å². The number of carboxylic acids is 1. The van der Waals surface area contributed by atoms with Crippen LogP contribution in [0.25, 0.3) is 10.5 Å². The summed E-state index contributed by atoms with van der Waals surface area (Å²) in [5.74, 6) is -1.05. The lowest BCUT2D eigenvalue weighted by molar-refractivity contribution is 0.0689. The molecule has 0 unspecified atom stereocenters. The van der Waals surface area contributed by atoms with Crippen molar-refractivity contribution >= 4 is 33.9 Å². The van der Waals surface area contributed by atoms with Crippen molar-refractivity contribution in [3.8, 4) is 0 Å². The standard InChI is InChI=1S/C16H18N4O4S/c1-4-11-12(14(21)22)17-15-20(11)18-13(25-15)10-5-7-19(8-6-10)16(23)24-9(2)3/h5-7,9H,4,8H2,1-3H3,(H,21,22). The minimum atomic E-state index is -1.05. The first-order valence-corrected chi connectivity index (χ1v) is 8.70. The van der Waals surface area contributed by atoms with Gasteiger partial charge in [0, 0.05) is 18.3 Å². The quantitative estimate of drug-likeness (QED) is 0.898. The topological polar surface area (TPSA) is 97.0 Å². The van der Waals surface area contributed by atoms with Gasteiger partial charge in [-0.25, -0.2) is 19.1 Å². The van der Waals surface area contributed by atoms with Crippen LogP contribution in [-0.4, -0.2) is 49.3 Å². The minimum Gasteiger partial charge on any atom is -0.476 e. The first-order chi connectivity index (χ1) is 11.9. The predicted octanol–water partition coefficient (Wildman–Crippen LogP) is 2.81. The highest BCUT2D eigenvalue weighted by atomic mass is 32.1. The molecular formula is C16H18N4O4S. The lowest BCUT2D eigenvalue weighted by atomic mass is 10.2. The Kier molecular flexibility index (Phi) is 4.58. The smallest absolute Gasteiger partial charge is 0.414 e. The summed E-state index contributed by atoms with van der Waals surface area (Å²) in [5, 5.41) is 14.4. The third-order valence-corrected chi connectivity index (χ3v) is 4.55. The molecule has 1 aliphatic rings. The van der Waals surface area contributed by atoms with Crippen molar-refractivity contribution in [2.45, 2.75) is 33.3 Å². The van der Waals surface area contributed by atoms with E-state index in [4.69, 9.17) is 4.74 Å². The molecule has 25 heavy (non-hydrogen) atoms. The van der Waals surface area contributed by atoms with E-state index in [0.717, 1.165) is 10.6 Å². The second kappa shape index (κ2) is 6.67. The highest BCUT2D eigenvalue weighted by molar-refractivity contribution is 7.17. The Morgan fingerprint density at radius 3 is 2.76 bits per heavy atom. The molecule has 132 valence electrons. The van der Waals surface area contributed by atoms with Crippen LogP contribution in [0.15, 0.2) is 18.4 Å². The highest BCUT2D eigenvalue weighted by Crippen LogP contribution is 2.27. The van der Waals surface area contributed by atoms with Gasteiger partial charge < -0.3 is 9.84 Å². The van der Waals surface area contributed by atoms with Crippen molar-refractivity contribution in [3.05, 3.63) is 34.7 Å². The van der Waals surface area contributed by atoms with E-state index in [2.05, 4.69) is 10.1 Å². The molecule has 9 heteroatoms. The molecule has 0 fully saturated rings. The summed E-state index contributed by atoms with van der Waals surface area (Å²) in [4.78, 5) is 29.3. The van der Waals surface area contributed by atoms with E-state index in [1.54, 1.807) is 30.6 Å². The molecule has 2 aromatic heterocycles. The van der Waals surface area contributed by atoms with Crippen LogP contribution in [0.2, 0.25) is 0 Å². The zero-order chi connectivity index (χ0) is 18.1. The first kappa shape index (κ1) is 17.2. The molecule has 3 rings (SSSR count). The van der Waals surface area contributed by atoms with Crippen LogP contribution in [0.1, 0.15) is 42.0 Å². The molecule has 1 amide bonds. The third-order valence-electron chi connectivity index (χ3n) is 3.59. The van der Waals surface area contributed by atoms with E-state index in [0.29, 0.717) is 23.6 Å². The number of hydrogen-bond acceptors (Lipinski definition) is 6. The average Bonchev–Trinajstić information content (AvgIpc) is 3.11. The fourth-order valence-corrected chi connectivity index (χ4v) is 3.39. The molecule has 0 aromatic carbocycles. The van der Waals surface area contributed by atoms with Crippen molar-refractivity contribution in [2.75, 3.05) is 6.54 Å². The maximum Gasteiger partial charge on any atom is 0.414 e. The van der Waals surface area contributed by atoms with Gasteiger partial charge in [-0.15, -0.1) is 0 Å². The average molecular weight is 362 g/mol. The molecular weight excluding hydrogens is 344 g/mol. The van der Waals surface area contributed by atoms with Gasteiger partial charge >= 0.3 is 12.1 Å². The van der Waals surface area contributed by atoms with Gasteiger partial charge in [-0.1, -0.05) is 24.3 Å². The van der Waals surface area contributed by atoms with Gasteiger partial charge in [0.05, 0.1) is 11.8 Å². The Balaban J connectivity index is 1.83. The maximum atomic E-state index is 11.9. The molecule has 0 saturated heterocycles. The molecule has 0 spiro atoms. The van der Waals surface area contributed by atoms with Crippen LogP contribution in [0.4, 0.5) is 4.79 Å². The van der Waals surface area contributed by atoms with Crippen molar-refractivity contribution < 1.29 is 19.4 Å². The molecule has 0 atom stereocenters. The number of carboxylic acid groups (broad SMARTS) is 1. The van der Waals surface area contributed by atoms with Gasteiger partial charge in [-0.2, -0.15) is 5.10 Å². The SMILES string of the molecule is CCc1c(C(=O)O)nc2sc(C3=CCN(C(=O)OC(C)C)C=C3)nn12. The minimum absolute atomic E-state index is 0.0450. The number of fused-ring (bicyclic) bond motifs is 1. The number of hydrogen-bond donors (Lipinski definition) is 1. The van der Waals surface area contributed by atoms with Crippen molar-refractivity contribution in [1.82, 2.24) is 19.5 Å². The second-order valence-electron chi connectivity index (χ2n) is 5.73.